The molecule has 0 radical (unpaired) electrons. The van der Waals surface area contributed by atoms with Crippen molar-refractivity contribution in [1.29, 1.82) is 0 Å². The fourth-order valence-corrected chi connectivity index (χ4v) is 3.29. The number of hydrogen-bond acceptors (Lipinski definition) is 6. The molecule has 0 spiro atoms. The molecule has 3 aromatic rings. The molecular formula is C20H20ClN5O2. The number of amides is 1. The van der Waals surface area contributed by atoms with Crippen LogP contribution in [0, 0.1) is 0 Å². The van der Waals surface area contributed by atoms with Gasteiger partial charge in [0, 0.05) is 34.9 Å². The number of nitrogens with zero attached hydrogens (tertiary/aromatic N) is 3. The van der Waals surface area contributed by atoms with Crippen molar-refractivity contribution in [3.05, 3.63) is 53.8 Å². The van der Waals surface area contributed by atoms with Crippen LogP contribution in [0.3, 0.4) is 0 Å². The lowest BCUT2D eigenvalue weighted by atomic mass is 10.2. The monoisotopic (exact) mass is 397 g/mol. The smallest absolute Gasteiger partial charge is 0.238 e. The van der Waals surface area contributed by atoms with Crippen LogP contribution in [0.5, 0.6) is 0 Å². The van der Waals surface area contributed by atoms with Crippen LogP contribution >= 0.6 is 11.6 Å². The van der Waals surface area contributed by atoms with E-state index in [0.717, 1.165) is 29.7 Å². The topological polar surface area (TPSA) is 79.4 Å². The van der Waals surface area contributed by atoms with Gasteiger partial charge in [0.05, 0.1) is 25.3 Å². The second kappa shape index (κ2) is 8.52. The fraction of sp³-hybridized carbons (Fsp3) is 0.250. The van der Waals surface area contributed by atoms with Gasteiger partial charge in [-0.15, -0.1) is 0 Å². The molecule has 1 fully saturated rings. The summed E-state index contributed by atoms with van der Waals surface area (Å²) in [4.78, 5) is 23.1. The maximum Gasteiger partial charge on any atom is 0.238 e. The number of nitrogens with one attached hydrogen (secondary N) is 2. The van der Waals surface area contributed by atoms with E-state index in [9.17, 15) is 4.79 Å². The number of fused-ring (bicyclic) bond motifs is 1. The number of carbonyl (C=O) groups excluding carboxylic acids is 1. The molecular weight excluding hydrogens is 378 g/mol. The highest BCUT2D eigenvalue weighted by Crippen LogP contribution is 2.26. The van der Waals surface area contributed by atoms with E-state index in [2.05, 4.69) is 25.5 Å². The minimum atomic E-state index is -0.0533. The number of hydrogen-bond donors (Lipinski definition) is 2. The van der Waals surface area contributed by atoms with Gasteiger partial charge >= 0.3 is 0 Å². The lowest BCUT2D eigenvalue weighted by molar-refractivity contribution is -0.118. The van der Waals surface area contributed by atoms with Crippen LogP contribution in [-0.2, 0) is 9.53 Å². The number of ether oxygens (including phenoxy) is 1. The summed E-state index contributed by atoms with van der Waals surface area (Å²) >= 11 is 6.06. The Labute approximate surface area is 167 Å². The van der Waals surface area contributed by atoms with Gasteiger partial charge in [-0.3, -0.25) is 9.69 Å². The molecule has 144 valence electrons. The summed E-state index contributed by atoms with van der Waals surface area (Å²) in [6.07, 6.45) is 1.51. The summed E-state index contributed by atoms with van der Waals surface area (Å²) in [5, 5.41) is 7.67. The maximum absolute atomic E-state index is 12.4. The number of morpholine rings is 1. The van der Waals surface area contributed by atoms with Gasteiger partial charge < -0.3 is 15.4 Å². The van der Waals surface area contributed by atoms with E-state index in [-0.39, 0.29) is 5.91 Å². The molecule has 1 aliphatic heterocycles. The predicted molar refractivity (Wildman–Crippen MR) is 110 cm³/mol. The molecule has 0 saturated carbocycles. The highest BCUT2D eigenvalue weighted by atomic mass is 35.5. The van der Waals surface area contributed by atoms with E-state index in [1.807, 2.05) is 42.5 Å². The molecule has 2 N–H and O–H groups in total. The second-order valence-corrected chi connectivity index (χ2v) is 6.96. The van der Waals surface area contributed by atoms with Gasteiger partial charge in [0.15, 0.2) is 0 Å². The third-order valence-electron chi connectivity index (χ3n) is 4.48. The van der Waals surface area contributed by atoms with Crippen molar-refractivity contribution >= 4 is 45.6 Å². The molecule has 28 heavy (non-hydrogen) atoms. The SMILES string of the molecule is O=C(CN1CCOCC1)Nc1ccc2ncnc(Nc3cccc(Cl)c3)c2c1. The number of aromatic nitrogens is 2. The highest BCUT2D eigenvalue weighted by molar-refractivity contribution is 6.30. The third-order valence-corrected chi connectivity index (χ3v) is 4.71. The Balaban J connectivity index is 1.53. The highest BCUT2D eigenvalue weighted by Gasteiger charge is 2.14. The Bertz CT molecular complexity index is 991. The van der Waals surface area contributed by atoms with Crippen LogP contribution in [0.4, 0.5) is 17.2 Å². The molecule has 2 aromatic carbocycles. The van der Waals surface area contributed by atoms with Crippen LogP contribution in [0.25, 0.3) is 10.9 Å². The number of benzene rings is 2. The molecule has 2 heterocycles. The van der Waals surface area contributed by atoms with Crippen molar-refractivity contribution in [3.63, 3.8) is 0 Å². The molecule has 1 saturated heterocycles. The van der Waals surface area contributed by atoms with Crippen LogP contribution in [-0.4, -0.2) is 53.6 Å². The number of rotatable bonds is 5. The molecule has 1 amide bonds. The van der Waals surface area contributed by atoms with Crippen molar-refractivity contribution in [2.75, 3.05) is 43.5 Å². The number of anilines is 3. The third kappa shape index (κ3) is 4.56. The minimum absolute atomic E-state index is 0.0533. The summed E-state index contributed by atoms with van der Waals surface area (Å²) in [5.41, 5.74) is 2.31. The number of carbonyl (C=O) groups is 1. The first-order valence-corrected chi connectivity index (χ1v) is 9.42. The Hall–Kier alpha value is -2.74. The molecule has 4 rings (SSSR count). The molecule has 1 aromatic heterocycles. The average Bonchev–Trinajstić information content (AvgIpc) is 2.69. The summed E-state index contributed by atoms with van der Waals surface area (Å²) in [6, 6.07) is 13.0. The van der Waals surface area contributed by atoms with E-state index in [4.69, 9.17) is 16.3 Å². The molecule has 0 unspecified atom stereocenters. The first-order chi connectivity index (χ1) is 13.7. The maximum atomic E-state index is 12.4. The lowest BCUT2D eigenvalue weighted by Crippen LogP contribution is -2.41. The van der Waals surface area contributed by atoms with Crippen molar-refractivity contribution in [3.8, 4) is 0 Å². The van der Waals surface area contributed by atoms with Gasteiger partial charge in [-0.25, -0.2) is 9.97 Å². The van der Waals surface area contributed by atoms with Crippen LogP contribution in [0.15, 0.2) is 48.8 Å². The predicted octanol–water partition coefficient (Wildman–Crippen LogP) is 3.30. The first-order valence-electron chi connectivity index (χ1n) is 9.05. The molecule has 7 nitrogen and oxygen atoms in total. The molecule has 8 heteroatoms. The average molecular weight is 398 g/mol. The molecule has 0 atom stereocenters. The molecule has 1 aliphatic rings. The quantitative estimate of drug-likeness (QED) is 0.687. The Morgan fingerprint density at radius 1 is 1.11 bits per heavy atom. The Morgan fingerprint density at radius 3 is 2.79 bits per heavy atom. The van der Waals surface area contributed by atoms with Gasteiger partial charge in [0.25, 0.3) is 0 Å². The summed E-state index contributed by atoms with van der Waals surface area (Å²) in [5.74, 6) is 0.596. The van der Waals surface area contributed by atoms with E-state index >= 15 is 0 Å². The van der Waals surface area contributed by atoms with E-state index < -0.39 is 0 Å². The normalized spacial score (nSPS) is 14.8. The van der Waals surface area contributed by atoms with Gasteiger partial charge in [-0.05, 0) is 36.4 Å². The van der Waals surface area contributed by atoms with Gasteiger partial charge in [-0.2, -0.15) is 0 Å². The van der Waals surface area contributed by atoms with E-state index in [1.165, 1.54) is 6.33 Å². The van der Waals surface area contributed by atoms with Gasteiger partial charge in [0.1, 0.15) is 12.1 Å². The number of halogens is 1. The Morgan fingerprint density at radius 2 is 1.96 bits per heavy atom. The van der Waals surface area contributed by atoms with Crippen LogP contribution in [0.2, 0.25) is 5.02 Å². The summed E-state index contributed by atoms with van der Waals surface area (Å²) < 4.78 is 5.31. The Kier molecular flexibility index (Phi) is 5.66. The zero-order valence-electron chi connectivity index (χ0n) is 15.2. The van der Waals surface area contributed by atoms with E-state index in [1.54, 1.807) is 0 Å². The first kappa shape index (κ1) is 18.6. The summed E-state index contributed by atoms with van der Waals surface area (Å²) in [6.45, 7) is 3.22. The fourth-order valence-electron chi connectivity index (χ4n) is 3.10. The molecule has 0 aliphatic carbocycles. The van der Waals surface area contributed by atoms with Crippen molar-refractivity contribution in [2.24, 2.45) is 0 Å². The van der Waals surface area contributed by atoms with E-state index in [0.29, 0.717) is 36.3 Å². The van der Waals surface area contributed by atoms with Crippen molar-refractivity contribution in [1.82, 2.24) is 14.9 Å². The van der Waals surface area contributed by atoms with Crippen LogP contribution < -0.4 is 10.6 Å². The zero-order valence-corrected chi connectivity index (χ0v) is 15.9. The van der Waals surface area contributed by atoms with Crippen molar-refractivity contribution < 1.29 is 9.53 Å². The minimum Gasteiger partial charge on any atom is -0.379 e. The second-order valence-electron chi connectivity index (χ2n) is 6.53. The lowest BCUT2D eigenvalue weighted by Gasteiger charge is -2.25. The standard InChI is InChI=1S/C20H20ClN5O2/c21-14-2-1-3-15(10-14)25-20-17-11-16(4-5-18(17)22-13-23-20)24-19(27)12-26-6-8-28-9-7-26/h1-5,10-11,13H,6-9,12H2,(H,24,27)(H,22,23,25). The summed E-state index contributed by atoms with van der Waals surface area (Å²) in [7, 11) is 0. The van der Waals surface area contributed by atoms with Crippen molar-refractivity contribution in [2.45, 2.75) is 0 Å². The molecule has 0 bridgehead atoms. The largest absolute Gasteiger partial charge is 0.379 e. The van der Waals surface area contributed by atoms with Gasteiger partial charge in [0.2, 0.25) is 5.91 Å². The van der Waals surface area contributed by atoms with Gasteiger partial charge in [-0.1, -0.05) is 17.7 Å². The zero-order chi connectivity index (χ0) is 19.3. The van der Waals surface area contributed by atoms with Crippen LogP contribution in [0.1, 0.15) is 0 Å².